The molecular weight excluding hydrogens is 384 g/mol. The number of benzene rings is 2. The molecule has 0 radical (unpaired) electrons. The SMILES string of the molecule is CCC1(COC(=O)c2cc3ccccc3cc2C(=O)OCC2(CC)COC2)COC1. The van der Waals surface area contributed by atoms with Gasteiger partial charge >= 0.3 is 11.9 Å². The van der Waals surface area contributed by atoms with Gasteiger partial charge in [0.1, 0.15) is 13.2 Å². The van der Waals surface area contributed by atoms with E-state index in [0.29, 0.717) is 26.4 Å². The van der Waals surface area contributed by atoms with Gasteiger partial charge in [0.2, 0.25) is 0 Å². The van der Waals surface area contributed by atoms with Crippen molar-refractivity contribution in [3.8, 4) is 0 Å². The number of esters is 2. The topological polar surface area (TPSA) is 71.1 Å². The van der Waals surface area contributed by atoms with Gasteiger partial charge in [-0.15, -0.1) is 0 Å². The van der Waals surface area contributed by atoms with Crippen LogP contribution in [0.1, 0.15) is 47.4 Å². The van der Waals surface area contributed by atoms with E-state index in [-0.39, 0.29) is 35.2 Å². The van der Waals surface area contributed by atoms with Crippen molar-refractivity contribution in [2.45, 2.75) is 26.7 Å². The van der Waals surface area contributed by atoms with E-state index in [2.05, 4.69) is 13.8 Å². The molecule has 30 heavy (non-hydrogen) atoms. The molecule has 2 heterocycles. The molecule has 0 aliphatic carbocycles. The molecule has 2 aromatic carbocycles. The summed E-state index contributed by atoms with van der Waals surface area (Å²) >= 11 is 0. The lowest BCUT2D eigenvalue weighted by Gasteiger charge is -2.40. The minimum Gasteiger partial charge on any atom is -0.461 e. The van der Waals surface area contributed by atoms with Gasteiger partial charge in [-0.2, -0.15) is 0 Å². The van der Waals surface area contributed by atoms with E-state index in [1.54, 1.807) is 12.1 Å². The van der Waals surface area contributed by atoms with Crippen LogP contribution in [0.2, 0.25) is 0 Å². The summed E-state index contributed by atoms with van der Waals surface area (Å²) in [5, 5.41) is 1.74. The predicted octanol–water partition coefficient (Wildman–Crippen LogP) is 4.01. The molecule has 4 rings (SSSR count). The molecule has 0 spiro atoms. The van der Waals surface area contributed by atoms with Crippen LogP contribution in [0.25, 0.3) is 10.8 Å². The molecule has 6 heteroatoms. The summed E-state index contributed by atoms with van der Waals surface area (Å²) in [5.41, 5.74) is 0.233. The molecule has 2 saturated heterocycles. The van der Waals surface area contributed by atoms with Crippen LogP contribution in [-0.2, 0) is 18.9 Å². The second-order valence-corrected chi connectivity index (χ2v) is 8.59. The van der Waals surface area contributed by atoms with Crippen molar-refractivity contribution in [2.24, 2.45) is 10.8 Å². The van der Waals surface area contributed by atoms with Crippen molar-refractivity contribution in [1.29, 1.82) is 0 Å². The van der Waals surface area contributed by atoms with Gasteiger partial charge < -0.3 is 18.9 Å². The number of hydrogen-bond donors (Lipinski definition) is 0. The number of carbonyl (C=O) groups excluding carboxylic acids is 2. The quantitative estimate of drug-likeness (QED) is 0.610. The summed E-state index contributed by atoms with van der Waals surface area (Å²) in [7, 11) is 0. The Morgan fingerprint density at radius 3 is 1.50 bits per heavy atom. The standard InChI is InChI=1S/C24H28O6/c1-3-23(11-27-12-23)15-29-21(25)19-9-17-7-5-6-8-18(17)10-20(19)22(26)30-16-24(4-2)13-28-14-24/h5-10H,3-4,11-16H2,1-2H3. The molecule has 160 valence electrons. The van der Waals surface area contributed by atoms with Crippen LogP contribution in [0.15, 0.2) is 36.4 Å². The van der Waals surface area contributed by atoms with Crippen LogP contribution in [-0.4, -0.2) is 51.6 Å². The third-order valence-corrected chi connectivity index (χ3v) is 6.48. The Labute approximate surface area is 176 Å². The summed E-state index contributed by atoms with van der Waals surface area (Å²) < 4.78 is 21.8. The van der Waals surface area contributed by atoms with E-state index in [1.165, 1.54) is 0 Å². The largest absolute Gasteiger partial charge is 0.461 e. The van der Waals surface area contributed by atoms with Gasteiger partial charge in [-0.1, -0.05) is 38.1 Å². The van der Waals surface area contributed by atoms with Crippen molar-refractivity contribution in [3.05, 3.63) is 47.5 Å². The Bertz CT molecular complexity index is 854. The maximum Gasteiger partial charge on any atom is 0.339 e. The number of rotatable bonds is 8. The van der Waals surface area contributed by atoms with Gasteiger partial charge in [-0.3, -0.25) is 0 Å². The van der Waals surface area contributed by atoms with Crippen LogP contribution < -0.4 is 0 Å². The van der Waals surface area contributed by atoms with Crippen molar-refractivity contribution in [2.75, 3.05) is 39.6 Å². The number of fused-ring (bicyclic) bond motifs is 1. The van der Waals surface area contributed by atoms with Crippen LogP contribution in [0, 0.1) is 10.8 Å². The first kappa shape index (κ1) is 20.8. The van der Waals surface area contributed by atoms with Crippen molar-refractivity contribution >= 4 is 22.7 Å². The monoisotopic (exact) mass is 412 g/mol. The van der Waals surface area contributed by atoms with Gasteiger partial charge in [-0.25, -0.2) is 9.59 Å². The first-order valence-electron chi connectivity index (χ1n) is 10.5. The normalized spacial score (nSPS) is 18.9. The van der Waals surface area contributed by atoms with Crippen LogP contribution >= 0.6 is 0 Å². The second kappa shape index (κ2) is 8.36. The Morgan fingerprint density at radius 2 is 1.20 bits per heavy atom. The van der Waals surface area contributed by atoms with Crippen LogP contribution in [0.5, 0.6) is 0 Å². The van der Waals surface area contributed by atoms with Gasteiger partial charge in [0.15, 0.2) is 0 Å². The molecule has 0 unspecified atom stereocenters. The van der Waals surface area contributed by atoms with Gasteiger partial charge in [0, 0.05) is 0 Å². The Morgan fingerprint density at radius 1 is 0.800 bits per heavy atom. The van der Waals surface area contributed by atoms with E-state index in [0.717, 1.165) is 23.6 Å². The predicted molar refractivity (Wildman–Crippen MR) is 112 cm³/mol. The molecule has 0 aromatic heterocycles. The average molecular weight is 412 g/mol. The highest BCUT2D eigenvalue weighted by atomic mass is 16.6. The van der Waals surface area contributed by atoms with Gasteiger partial charge in [0.25, 0.3) is 0 Å². The summed E-state index contributed by atoms with van der Waals surface area (Å²) in [4.78, 5) is 25.9. The number of ether oxygens (including phenoxy) is 4. The summed E-state index contributed by atoms with van der Waals surface area (Å²) in [6.45, 7) is 7.02. The first-order valence-corrected chi connectivity index (χ1v) is 10.5. The number of carbonyl (C=O) groups is 2. The van der Waals surface area contributed by atoms with Crippen molar-refractivity contribution in [3.63, 3.8) is 0 Å². The zero-order valence-electron chi connectivity index (χ0n) is 17.6. The molecule has 0 saturated carbocycles. The van der Waals surface area contributed by atoms with Crippen LogP contribution in [0.4, 0.5) is 0 Å². The maximum absolute atomic E-state index is 13.0. The molecule has 2 aromatic rings. The molecule has 0 bridgehead atoms. The molecule has 0 N–H and O–H groups in total. The Hall–Kier alpha value is -2.44. The fourth-order valence-electron chi connectivity index (χ4n) is 3.73. The minimum atomic E-state index is -0.510. The zero-order chi connectivity index (χ0) is 21.2. The van der Waals surface area contributed by atoms with E-state index < -0.39 is 11.9 Å². The van der Waals surface area contributed by atoms with Crippen molar-refractivity contribution < 1.29 is 28.5 Å². The Balaban J connectivity index is 1.57. The van der Waals surface area contributed by atoms with Crippen LogP contribution in [0.3, 0.4) is 0 Å². The summed E-state index contributed by atoms with van der Waals surface area (Å²) in [5.74, 6) is -1.02. The highest BCUT2D eigenvalue weighted by Gasteiger charge is 2.40. The van der Waals surface area contributed by atoms with Crippen molar-refractivity contribution in [1.82, 2.24) is 0 Å². The third-order valence-electron chi connectivity index (χ3n) is 6.48. The van der Waals surface area contributed by atoms with E-state index in [1.807, 2.05) is 24.3 Å². The maximum atomic E-state index is 13.0. The highest BCUT2D eigenvalue weighted by Crippen LogP contribution is 2.33. The first-order chi connectivity index (χ1) is 14.5. The highest BCUT2D eigenvalue weighted by molar-refractivity contribution is 6.07. The Kier molecular flexibility index (Phi) is 5.80. The van der Waals surface area contributed by atoms with E-state index >= 15 is 0 Å². The fourth-order valence-corrected chi connectivity index (χ4v) is 3.73. The lowest BCUT2D eigenvalue weighted by molar-refractivity contribution is -0.140. The fraction of sp³-hybridized carbons (Fsp3) is 0.500. The molecule has 6 nitrogen and oxygen atoms in total. The lowest BCUT2D eigenvalue weighted by atomic mass is 9.84. The molecule has 2 fully saturated rings. The van der Waals surface area contributed by atoms with E-state index in [4.69, 9.17) is 18.9 Å². The smallest absolute Gasteiger partial charge is 0.339 e. The molecular formula is C24H28O6. The third kappa shape index (κ3) is 3.94. The van der Waals surface area contributed by atoms with E-state index in [9.17, 15) is 9.59 Å². The summed E-state index contributed by atoms with van der Waals surface area (Å²) in [6, 6.07) is 11.0. The molecule has 2 aliphatic rings. The molecule has 0 amide bonds. The van der Waals surface area contributed by atoms with Gasteiger partial charge in [0.05, 0.1) is 48.4 Å². The number of hydrogen-bond acceptors (Lipinski definition) is 6. The second-order valence-electron chi connectivity index (χ2n) is 8.59. The minimum absolute atomic E-state index is 0.120. The lowest BCUT2D eigenvalue weighted by Crippen LogP contribution is -2.46. The summed E-state index contributed by atoms with van der Waals surface area (Å²) in [6.07, 6.45) is 1.74. The zero-order valence-corrected chi connectivity index (χ0v) is 17.6. The van der Waals surface area contributed by atoms with Gasteiger partial charge in [-0.05, 0) is 35.7 Å². The molecule has 2 aliphatic heterocycles. The average Bonchev–Trinajstić information content (AvgIpc) is 2.71. The molecule has 0 atom stereocenters.